The fraction of sp³-hybridized carbons (Fsp3) is 0.188. The van der Waals surface area contributed by atoms with Crippen LogP contribution in [-0.2, 0) is 7.05 Å². The number of anilines is 2. The van der Waals surface area contributed by atoms with Crippen molar-refractivity contribution in [1.29, 1.82) is 0 Å². The molecule has 0 saturated heterocycles. The standard InChI is InChI=1S/C16H17N5O/c1-10(16-18-6-3-7-19-16)20-13-9-15(22)21(2)14-5-4-11(17)8-12(13)14/h3-10,20H,17H2,1-2H3. The molecule has 2 heterocycles. The lowest BCUT2D eigenvalue weighted by molar-refractivity contribution is 0.788. The number of hydrogen-bond acceptors (Lipinski definition) is 5. The largest absolute Gasteiger partial charge is 0.399 e. The molecule has 0 fully saturated rings. The predicted molar refractivity (Wildman–Crippen MR) is 87.7 cm³/mol. The van der Waals surface area contributed by atoms with Gasteiger partial charge in [0.05, 0.1) is 11.6 Å². The molecule has 22 heavy (non-hydrogen) atoms. The van der Waals surface area contributed by atoms with E-state index in [4.69, 9.17) is 5.73 Å². The first-order valence-corrected chi connectivity index (χ1v) is 6.99. The molecular weight excluding hydrogens is 278 g/mol. The maximum Gasteiger partial charge on any atom is 0.252 e. The van der Waals surface area contributed by atoms with Crippen molar-refractivity contribution in [3.63, 3.8) is 0 Å². The van der Waals surface area contributed by atoms with Crippen LogP contribution in [0.2, 0.25) is 0 Å². The van der Waals surface area contributed by atoms with E-state index in [1.54, 1.807) is 42.2 Å². The highest BCUT2D eigenvalue weighted by Gasteiger charge is 2.12. The minimum absolute atomic E-state index is 0.0825. The van der Waals surface area contributed by atoms with Gasteiger partial charge in [-0.3, -0.25) is 4.79 Å². The SMILES string of the molecule is CC(Nc1cc(=O)n(C)c2ccc(N)cc12)c1ncccn1. The third kappa shape index (κ3) is 2.50. The summed E-state index contributed by atoms with van der Waals surface area (Å²) in [7, 11) is 1.74. The molecule has 0 aliphatic heterocycles. The first-order valence-electron chi connectivity index (χ1n) is 6.99. The number of nitrogens with zero attached hydrogens (tertiary/aromatic N) is 3. The summed E-state index contributed by atoms with van der Waals surface area (Å²) in [5, 5.41) is 4.20. The zero-order valence-corrected chi connectivity index (χ0v) is 12.4. The molecule has 0 aliphatic rings. The van der Waals surface area contributed by atoms with Crippen molar-refractivity contribution in [2.45, 2.75) is 13.0 Å². The summed E-state index contributed by atoms with van der Waals surface area (Å²) in [5.74, 6) is 0.667. The van der Waals surface area contributed by atoms with Gasteiger partial charge in [0.25, 0.3) is 5.56 Å². The number of nitrogens with one attached hydrogen (secondary N) is 1. The lowest BCUT2D eigenvalue weighted by atomic mass is 10.1. The smallest absolute Gasteiger partial charge is 0.252 e. The summed E-state index contributed by atoms with van der Waals surface area (Å²) in [6.07, 6.45) is 3.39. The van der Waals surface area contributed by atoms with Crippen LogP contribution in [0, 0.1) is 0 Å². The maximum absolute atomic E-state index is 12.1. The van der Waals surface area contributed by atoms with Crippen molar-refractivity contribution in [3.05, 3.63) is 58.9 Å². The van der Waals surface area contributed by atoms with E-state index in [1.807, 2.05) is 19.1 Å². The topological polar surface area (TPSA) is 85.8 Å². The Morgan fingerprint density at radius 1 is 1.23 bits per heavy atom. The van der Waals surface area contributed by atoms with Gasteiger partial charge in [0.1, 0.15) is 5.82 Å². The molecule has 112 valence electrons. The number of nitrogen functional groups attached to an aromatic ring is 1. The number of benzene rings is 1. The van der Waals surface area contributed by atoms with Crippen LogP contribution in [-0.4, -0.2) is 14.5 Å². The number of pyridine rings is 1. The lowest BCUT2D eigenvalue weighted by Crippen LogP contribution is -2.19. The Hall–Kier alpha value is -2.89. The van der Waals surface area contributed by atoms with Gasteiger partial charge in [-0.25, -0.2) is 9.97 Å². The molecule has 1 atom stereocenters. The Morgan fingerprint density at radius 2 is 1.95 bits per heavy atom. The van der Waals surface area contributed by atoms with E-state index in [0.717, 1.165) is 16.6 Å². The van der Waals surface area contributed by atoms with Gasteiger partial charge in [-0.2, -0.15) is 0 Å². The average Bonchev–Trinajstić information content (AvgIpc) is 2.53. The van der Waals surface area contributed by atoms with E-state index in [9.17, 15) is 4.79 Å². The summed E-state index contributed by atoms with van der Waals surface area (Å²) in [4.78, 5) is 20.6. The van der Waals surface area contributed by atoms with Crippen molar-refractivity contribution >= 4 is 22.3 Å². The van der Waals surface area contributed by atoms with Gasteiger partial charge in [-0.05, 0) is 31.2 Å². The normalized spacial score (nSPS) is 12.3. The van der Waals surface area contributed by atoms with Crippen LogP contribution < -0.4 is 16.6 Å². The van der Waals surface area contributed by atoms with Gasteiger partial charge in [-0.1, -0.05) is 0 Å². The third-order valence-corrected chi connectivity index (χ3v) is 3.62. The zero-order chi connectivity index (χ0) is 15.7. The molecule has 6 heteroatoms. The number of aryl methyl sites for hydroxylation is 1. The Kier molecular flexibility index (Phi) is 3.50. The van der Waals surface area contributed by atoms with E-state index in [2.05, 4.69) is 15.3 Å². The summed E-state index contributed by atoms with van der Waals surface area (Å²) >= 11 is 0. The maximum atomic E-state index is 12.1. The summed E-state index contributed by atoms with van der Waals surface area (Å²) < 4.78 is 1.60. The molecule has 2 aromatic heterocycles. The van der Waals surface area contributed by atoms with Crippen molar-refractivity contribution in [2.24, 2.45) is 7.05 Å². The molecule has 1 aromatic carbocycles. The highest BCUT2D eigenvalue weighted by molar-refractivity contribution is 5.93. The Bertz CT molecular complexity index is 873. The van der Waals surface area contributed by atoms with Gasteiger partial charge in [-0.15, -0.1) is 0 Å². The number of hydrogen-bond donors (Lipinski definition) is 2. The molecular formula is C16H17N5O. The molecule has 0 aliphatic carbocycles. The van der Waals surface area contributed by atoms with E-state index in [-0.39, 0.29) is 11.6 Å². The fourth-order valence-electron chi connectivity index (χ4n) is 2.43. The highest BCUT2D eigenvalue weighted by Crippen LogP contribution is 2.26. The Morgan fingerprint density at radius 3 is 2.68 bits per heavy atom. The van der Waals surface area contributed by atoms with Crippen molar-refractivity contribution in [2.75, 3.05) is 11.1 Å². The first-order chi connectivity index (χ1) is 10.6. The summed E-state index contributed by atoms with van der Waals surface area (Å²) in [5.41, 5.74) is 8.00. The Balaban J connectivity index is 2.09. The van der Waals surface area contributed by atoms with Crippen LogP contribution in [0.3, 0.4) is 0 Å². The van der Waals surface area contributed by atoms with Gasteiger partial charge >= 0.3 is 0 Å². The molecule has 3 N–H and O–H groups in total. The highest BCUT2D eigenvalue weighted by atomic mass is 16.1. The van der Waals surface area contributed by atoms with E-state index in [1.165, 1.54) is 0 Å². The van der Waals surface area contributed by atoms with Crippen LogP contribution in [0.25, 0.3) is 10.9 Å². The average molecular weight is 295 g/mol. The number of nitrogens with two attached hydrogens (primary N) is 1. The third-order valence-electron chi connectivity index (χ3n) is 3.62. The fourth-order valence-corrected chi connectivity index (χ4v) is 2.43. The van der Waals surface area contributed by atoms with Crippen LogP contribution in [0.4, 0.5) is 11.4 Å². The monoisotopic (exact) mass is 295 g/mol. The molecule has 1 unspecified atom stereocenters. The summed E-state index contributed by atoms with van der Waals surface area (Å²) in [6, 6.07) is 8.70. The second-order valence-electron chi connectivity index (χ2n) is 5.20. The van der Waals surface area contributed by atoms with Crippen molar-refractivity contribution in [3.8, 4) is 0 Å². The minimum atomic E-state index is -0.127. The van der Waals surface area contributed by atoms with Crippen molar-refractivity contribution < 1.29 is 0 Å². The number of aromatic nitrogens is 3. The van der Waals surface area contributed by atoms with E-state index in [0.29, 0.717) is 11.5 Å². The molecule has 0 amide bonds. The van der Waals surface area contributed by atoms with Gasteiger partial charge < -0.3 is 15.6 Å². The second-order valence-corrected chi connectivity index (χ2v) is 5.20. The van der Waals surface area contributed by atoms with Gasteiger partial charge in [0.15, 0.2) is 0 Å². The molecule has 0 saturated carbocycles. The molecule has 3 aromatic rings. The minimum Gasteiger partial charge on any atom is -0.399 e. The van der Waals surface area contributed by atoms with Gasteiger partial charge in [0.2, 0.25) is 0 Å². The van der Waals surface area contributed by atoms with Gasteiger partial charge in [0, 0.05) is 42.3 Å². The predicted octanol–water partition coefficient (Wildman–Crippen LogP) is 2.08. The quantitative estimate of drug-likeness (QED) is 0.723. The van der Waals surface area contributed by atoms with Crippen LogP contribution in [0.5, 0.6) is 0 Å². The van der Waals surface area contributed by atoms with Crippen LogP contribution in [0.1, 0.15) is 18.8 Å². The van der Waals surface area contributed by atoms with Crippen LogP contribution in [0.15, 0.2) is 47.5 Å². The van der Waals surface area contributed by atoms with Crippen LogP contribution >= 0.6 is 0 Å². The Labute approximate surface area is 127 Å². The van der Waals surface area contributed by atoms with E-state index < -0.39 is 0 Å². The molecule has 0 spiro atoms. The first kappa shape index (κ1) is 14.1. The number of rotatable bonds is 3. The molecule has 0 bridgehead atoms. The molecule has 6 nitrogen and oxygen atoms in total. The molecule has 0 radical (unpaired) electrons. The summed E-state index contributed by atoms with van der Waals surface area (Å²) in [6.45, 7) is 1.95. The van der Waals surface area contributed by atoms with E-state index >= 15 is 0 Å². The second kappa shape index (κ2) is 5.48. The zero-order valence-electron chi connectivity index (χ0n) is 12.4. The van der Waals surface area contributed by atoms with Crippen molar-refractivity contribution in [1.82, 2.24) is 14.5 Å². The molecule has 3 rings (SSSR count). The number of fused-ring (bicyclic) bond motifs is 1. The lowest BCUT2D eigenvalue weighted by Gasteiger charge is -2.17.